The smallest absolute Gasteiger partial charge is 0.375 e. The number of aromatic nitrogens is 3. The number of hydrogen-bond acceptors (Lipinski definition) is 4. The highest BCUT2D eigenvalue weighted by Crippen LogP contribution is 2.29. The molecule has 0 unspecified atom stereocenters. The Morgan fingerprint density at radius 2 is 2.05 bits per heavy atom. The number of carbonyl (C=O) groups is 1. The lowest BCUT2D eigenvalue weighted by molar-refractivity contribution is 0.0683. The van der Waals surface area contributed by atoms with Gasteiger partial charge in [0.05, 0.1) is 17.3 Å². The van der Waals surface area contributed by atoms with Gasteiger partial charge in [-0.3, -0.25) is 0 Å². The average Bonchev–Trinajstić information content (AvgIpc) is 2.83. The van der Waals surface area contributed by atoms with Gasteiger partial charge in [0.1, 0.15) is 11.6 Å². The van der Waals surface area contributed by atoms with Gasteiger partial charge in [0.15, 0.2) is 0 Å². The van der Waals surface area contributed by atoms with Gasteiger partial charge < -0.3 is 9.84 Å². The predicted molar refractivity (Wildman–Crippen MR) is 81.3 cm³/mol. The monoisotopic (exact) mass is 353 g/mol. The minimum absolute atomic E-state index is 0.216. The van der Waals surface area contributed by atoms with Gasteiger partial charge in [-0.1, -0.05) is 20.8 Å². The van der Waals surface area contributed by atoms with Crippen molar-refractivity contribution in [2.75, 3.05) is 7.11 Å². The van der Waals surface area contributed by atoms with E-state index in [1.54, 1.807) is 23.9 Å². The molecule has 6 nitrogen and oxygen atoms in total. The molecule has 1 aromatic carbocycles. The highest BCUT2D eigenvalue weighted by molar-refractivity contribution is 9.10. The van der Waals surface area contributed by atoms with E-state index in [4.69, 9.17) is 9.84 Å². The first-order chi connectivity index (χ1) is 9.74. The molecule has 2 aromatic rings. The molecule has 0 bridgehead atoms. The molecule has 0 atom stereocenters. The van der Waals surface area contributed by atoms with Crippen molar-refractivity contribution in [3.05, 3.63) is 34.3 Å². The zero-order valence-corrected chi connectivity index (χ0v) is 13.8. The van der Waals surface area contributed by atoms with E-state index < -0.39 is 5.97 Å². The summed E-state index contributed by atoms with van der Waals surface area (Å²) >= 11 is 3.41. The van der Waals surface area contributed by atoms with Gasteiger partial charge in [0, 0.05) is 5.41 Å². The van der Waals surface area contributed by atoms with E-state index in [1.165, 1.54) is 0 Å². The first kappa shape index (κ1) is 15.5. The number of carboxylic acid groups (broad SMARTS) is 1. The first-order valence-electron chi connectivity index (χ1n) is 6.29. The van der Waals surface area contributed by atoms with E-state index in [0.29, 0.717) is 17.3 Å². The normalized spacial score (nSPS) is 11.5. The molecule has 1 N–H and O–H groups in total. The minimum atomic E-state index is -1.15. The SMILES string of the molecule is COc1ccc(-n2nc(C(=O)O)nc2C(C)(C)C)cc1Br. The minimum Gasteiger partial charge on any atom is -0.496 e. The standard InChI is InChI=1S/C14H16BrN3O3/c1-14(2,3)13-16-11(12(19)20)17-18(13)8-5-6-10(21-4)9(15)7-8/h5-7H,1-4H3,(H,19,20). The zero-order valence-electron chi connectivity index (χ0n) is 12.2. The van der Waals surface area contributed by atoms with Gasteiger partial charge in [-0.25, -0.2) is 14.5 Å². The van der Waals surface area contributed by atoms with Crippen molar-refractivity contribution < 1.29 is 14.6 Å². The fourth-order valence-electron chi connectivity index (χ4n) is 1.86. The van der Waals surface area contributed by atoms with Crippen molar-refractivity contribution >= 4 is 21.9 Å². The predicted octanol–water partition coefficient (Wildman–Crippen LogP) is 3.03. The number of aromatic carboxylic acids is 1. The van der Waals surface area contributed by atoms with Crippen molar-refractivity contribution in [2.24, 2.45) is 0 Å². The van der Waals surface area contributed by atoms with Crippen molar-refractivity contribution in [1.82, 2.24) is 14.8 Å². The Hall–Kier alpha value is -1.89. The summed E-state index contributed by atoms with van der Waals surface area (Å²) in [6.07, 6.45) is 0. The second-order valence-electron chi connectivity index (χ2n) is 5.54. The highest BCUT2D eigenvalue weighted by Gasteiger charge is 2.26. The van der Waals surface area contributed by atoms with Crippen LogP contribution in [0.1, 0.15) is 37.2 Å². The number of hydrogen-bond donors (Lipinski definition) is 1. The van der Waals surface area contributed by atoms with Gasteiger partial charge in [-0.15, -0.1) is 5.10 Å². The van der Waals surface area contributed by atoms with Gasteiger partial charge in [0.2, 0.25) is 0 Å². The number of rotatable bonds is 3. The number of ether oxygens (including phenoxy) is 1. The number of halogens is 1. The van der Waals surface area contributed by atoms with E-state index in [0.717, 1.165) is 4.47 Å². The maximum Gasteiger partial charge on any atom is 0.375 e. The molecule has 0 aliphatic rings. The van der Waals surface area contributed by atoms with E-state index in [2.05, 4.69) is 26.0 Å². The van der Waals surface area contributed by atoms with Crippen LogP contribution in [0.15, 0.2) is 22.7 Å². The van der Waals surface area contributed by atoms with Gasteiger partial charge in [-0.2, -0.15) is 0 Å². The van der Waals surface area contributed by atoms with Crippen LogP contribution in [0, 0.1) is 0 Å². The van der Waals surface area contributed by atoms with Crippen molar-refractivity contribution in [3.63, 3.8) is 0 Å². The van der Waals surface area contributed by atoms with Crippen molar-refractivity contribution in [3.8, 4) is 11.4 Å². The van der Waals surface area contributed by atoms with E-state index in [9.17, 15) is 4.79 Å². The fraction of sp³-hybridized carbons (Fsp3) is 0.357. The Kier molecular flexibility index (Phi) is 4.04. The van der Waals surface area contributed by atoms with Crippen LogP contribution in [0.3, 0.4) is 0 Å². The molecule has 21 heavy (non-hydrogen) atoms. The summed E-state index contributed by atoms with van der Waals surface area (Å²) < 4.78 is 7.50. The third kappa shape index (κ3) is 3.07. The Bertz CT molecular complexity index is 689. The van der Waals surface area contributed by atoms with Crippen LogP contribution < -0.4 is 4.74 Å². The topological polar surface area (TPSA) is 77.2 Å². The second-order valence-corrected chi connectivity index (χ2v) is 6.40. The Balaban J connectivity index is 2.62. The van der Waals surface area contributed by atoms with E-state index in [1.807, 2.05) is 26.8 Å². The number of carboxylic acids is 1. The number of methoxy groups -OCH3 is 1. The highest BCUT2D eigenvalue weighted by atomic mass is 79.9. The molecular formula is C14H16BrN3O3. The lowest BCUT2D eigenvalue weighted by Crippen LogP contribution is -2.18. The molecule has 7 heteroatoms. The summed E-state index contributed by atoms with van der Waals surface area (Å²) in [6, 6.07) is 5.40. The molecular weight excluding hydrogens is 338 g/mol. The molecule has 0 aliphatic carbocycles. The average molecular weight is 354 g/mol. The lowest BCUT2D eigenvalue weighted by Gasteiger charge is -2.18. The Labute approximate surface area is 130 Å². The van der Waals surface area contributed by atoms with Crippen LogP contribution in [-0.4, -0.2) is 33.0 Å². The summed E-state index contributed by atoms with van der Waals surface area (Å²) in [5, 5.41) is 13.2. The molecule has 1 heterocycles. The lowest BCUT2D eigenvalue weighted by atomic mass is 9.95. The Morgan fingerprint density at radius 1 is 1.38 bits per heavy atom. The summed E-state index contributed by atoms with van der Waals surface area (Å²) in [5.41, 5.74) is 0.375. The van der Waals surface area contributed by atoms with Crippen LogP contribution in [0.2, 0.25) is 0 Å². The van der Waals surface area contributed by atoms with Crippen LogP contribution >= 0.6 is 15.9 Å². The quantitative estimate of drug-likeness (QED) is 0.917. The number of nitrogens with zero attached hydrogens (tertiary/aromatic N) is 3. The van der Waals surface area contributed by atoms with Crippen LogP contribution in [0.4, 0.5) is 0 Å². The third-order valence-electron chi connectivity index (χ3n) is 2.85. The molecule has 0 saturated heterocycles. The summed E-state index contributed by atoms with van der Waals surface area (Å²) in [5.74, 6) is -0.0923. The largest absolute Gasteiger partial charge is 0.496 e. The molecule has 0 fully saturated rings. The molecule has 2 rings (SSSR count). The first-order valence-corrected chi connectivity index (χ1v) is 7.08. The molecule has 0 saturated carbocycles. The van der Waals surface area contributed by atoms with E-state index >= 15 is 0 Å². The molecule has 1 aromatic heterocycles. The fourth-order valence-corrected chi connectivity index (χ4v) is 2.38. The summed E-state index contributed by atoms with van der Waals surface area (Å²) in [4.78, 5) is 15.3. The molecule has 0 radical (unpaired) electrons. The maximum atomic E-state index is 11.1. The van der Waals surface area contributed by atoms with Gasteiger partial charge in [-0.05, 0) is 34.1 Å². The Morgan fingerprint density at radius 3 is 2.52 bits per heavy atom. The number of benzene rings is 1. The summed E-state index contributed by atoms with van der Waals surface area (Å²) in [7, 11) is 1.58. The maximum absolute atomic E-state index is 11.1. The van der Waals surface area contributed by atoms with Crippen molar-refractivity contribution in [1.29, 1.82) is 0 Å². The van der Waals surface area contributed by atoms with Gasteiger partial charge in [0.25, 0.3) is 5.82 Å². The van der Waals surface area contributed by atoms with Crippen LogP contribution in [-0.2, 0) is 5.41 Å². The zero-order chi connectivity index (χ0) is 15.8. The molecule has 0 amide bonds. The molecule has 112 valence electrons. The van der Waals surface area contributed by atoms with Crippen molar-refractivity contribution in [2.45, 2.75) is 26.2 Å². The van der Waals surface area contributed by atoms with Gasteiger partial charge >= 0.3 is 5.97 Å². The second kappa shape index (κ2) is 5.48. The van der Waals surface area contributed by atoms with Crippen LogP contribution in [0.25, 0.3) is 5.69 Å². The third-order valence-corrected chi connectivity index (χ3v) is 3.47. The van der Waals surface area contributed by atoms with E-state index in [-0.39, 0.29) is 11.2 Å². The molecule has 0 aliphatic heterocycles. The summed E-state index contributed by atoms with van der Waals surface area (Å²) in [6.45, 7) is 5.87. The van der Waals surface area contributed by atoms with Crippen LogP contribution in [0.5, 0.6) is 5.75 Å². The molecule has 0 spiro atoms.